The number of carbonyl (C=O) groups is 3. The summed E-state index contributed by atoms with van der Waals surface area (Å²) in [7, 11) is 0. The number of esters is 2. The molecule has 0 aliphatic heterocycles. The first-order chi connectivity index (χ1) is 19.2. The van der Waals surface area contributed by atoms with E-state index >= 15 is 0 Å². The SMILES string of the molecule is CC(C)(C)OC(=O)c1ccc(SCc2ccccc2)c(C=O)c1Br.CC(C)(C)OC(=O)c1ccc2sncc2c1Br. The van der Waals surface area contributed by atoms with E-state index in [0.29, 0.717) is 21.2 Å². The van der Waals surface area contributed by atoms with Crippen molar-refractivity contribution in [3.8, 4) is 0 Å². The van der Waals surface area contributed by atoms with Crippen LogP contribution < -0.4 is 0 Å². The maximum absolute atomic E-state index is 12.3. The number of fused-ring (bicyclic) bond motifs is 1. The van der Waals surface area contributed by atoms with Gasteiger partial charge in [-0.3, -0.25) is 4.79 Å². The molecule has 0 atom stereocenters. The Morgan fingerprint density at radius 1 is 0.854 bits per heavy atom. The minimum Gasteiger partial charge on any atom is -0.456 e. The Kier molecular flexibility index (Phi) is 11.3. The third-order valence-corrected chi connectivity index (χ3v) is 8.82. The molecule has 0 fully saturated rings. The maximum atomic E-state index is 12.3. The van der Waals surface area contributed by atoms with E-state index in [9.17, 15) is 14.4 Å². The van der Waals surface area contributed by atoms with Gasteiger partial charge in [0.15, 0.2) is 6.29 Å². The van der Waals surface area contributed by atoms with Crippen molar-refractivity contribution in [2.45, 2.75) is 63.4 Å². The Bertz CT molecular complexity index is 1540. The van der Waals surface area contributed by atoms with Crippen LogP contribution in [0.4, 0.5) is 0 Å². The predicted molar refractivity (Wildman–Crippen MR) is 173 cm³/mol. The number of thioether (sulfide) groups is 1. The van der Waals surface area contributed by atoms with Gasteiger partial charge in [-0.05, 0) is 115 Å². The molecular formula is C31H31Br2NO5S2. The van der Waals surface area contributed by atoms with E-state index in [2.05, 4.69) is 36.2 Å². The standard InChI is InChI=1S/C19H19BrO3S.C12H12BrNO2S/c1-19(2,3)23-18(22)14-9-10-16(15(11-21)17(14)20)24-12-13-7-5-4-6-8-13;1-12(2,3)16-11(15)7-4-5-9-8(10(7)13)6-14-17-9/h4-11H,12H2,1-3H3;4-6H,1-3H3. The smallest absolute Gasteiger partial charge is 0.339 e. The molecule has 0 saturated heterocycles. The lowest BCUT2D eigenvalue weighted by Crippen LogP contribution is -2.24. The molecule has 0 N–H and O–H groups in total. The normalized spacial score (nSPS) is 11.4. The highest BCUT2D eigenvalue weighted by atomic mass is 79.9. The van der Waals surface area contributed by atoms with Gasteiger partial charge in [0.05, 0.1) is 15.8 Å². The highest BCUT2D eigenvalue weighted by molar-refractivity contribution is 9.11. The van der Waals surface area contributed by atoms with E-state index in [1.807, 2.05) is 77.9 Å². The number of rotatable bonds is 6. The van der Waals surface area contributed by atoms with Crippen molar-refractivity contribution in [3.05, 3.63) is 92.0 Å². The molecule has 4 rings (SSSR count). The summed E-state index contributed by atoms with van der Waals surface area (Å²) < 4.78 is 17.1. The molecule has 0 aliphatic rings. The summed E-state index contributed by atoms with van der Waals surface area (Å²) >= 11 is 9.78. The second kappa shape index (κ2) is 14.1. The van der Waals surface area contributed by atoms with Crippen molar-refractivity contribution in [2.75, 3.05) is 0 Å². The van der Waals surface area contributed by atoms with Crippen molar-refractivity contribution in [1.29, 1.82) is 0 Å². The largest absolute Gasteiger partial charge is 0.456 e. The number of halogens is 2. The summed E-state index contributed by atoms with van der Waals surface area (Å²) in [6.07, 6.45) is 2.52. The van der Waals surface area contributed by atoms with Crippen molar-refractivity contribution in [3.63, 3.8) is 0 Å². The molecule has 0 amide bonds. The summed E-state index contributed by atoms with van der Waals surface area (Å²) in [5.41, 5.74) is 1.46. The quantitative estimate of drug-likeness (QED) is 0.111. The molecule has 0 aliphatic carbocycles. The number of aromatic nitrogens is 1. The van der Waals surface area contributed by atoms with Crippen molar-refractivity contribution >= 4 is 83.5 Å². The Morgan fingerprint density at radius 3 is 1.98 bits per heavy atom. The molecule has 0 spiro atoms. The second-order valence-corrected chi connectivity index (χ2v) is 14.3. The van der Waals surface area contributed by atoms with Crippen molar-refractivity contribution in [1.82, 2.24) is 4.37 Å². The van der Waals surface area contributed by atoms with Crippen LogP contribution in [0.1, 0.15) is 78.2 Å². The number of benzene rings is 3. The van der Waals surface area contributed by atoms with Crippen LogP contribution in [0.15, 0.2) is 74.6 Å². The van der Waals surface area contributed by atoms with E-state index in [1.54, 1.807) is 36.2 Å². The third kappa shape index (κ3) is 9.49. The number of hydrogen-bond donors (Lipinski definition) is 0. The van der Waals surface area contributed by atoms with Gasteiger partial charge in [0.1, 0.15) is 11.2 Å². The zero-order valence-electron chi connectivity index (χ0n) is 23.6. The maximum Gasteiger partial charge on any atom is 0.339 e. The first kappa shape index (κ1) is 33.0. The minimum atomic E-state index is -0.585. The molecule has 0 radical (unpaired) electrons. The predicted octanol–water partition coefficient (Wildman–Crippen LogP) is 9.52. The van der Waals surface area contributed by atoms with Gasteiger partial charge in [-0.2, -0.15) is 4.37 Å². The molecule has 0 unspecified atom stereocenters. The number of aldehydes is 1. The summed E-state index contributed by atoms with van der Waals surface area (Å²) in [5, 5.41) is 0.943. The van der Waals surface area contributed by atoms with Gasteiger partial charge in [0.2, 0.25) is 0 Å². The lowest BCUT2D eigenvalue weighted by atomic mass is 10.1. The van der Waals surface area contributed by atoms with E-state index in [-0.39, 0.29) is 5.97 Å². The first-order valence-electron chi connectivity index (χ1n) is 12.6. The average molecular weight is 722 g/mol. The highest BCUT2D eigenvalue weighted by Crippen LogP contribution is 2.33. The lowest BCUT2D eigenvalue weighted by molar-refractivity contribution is 0.00560. The molecular weight excluding hydrogens is 690 g/mol. The summed E-state index contributed by atoms with van der Waals surface area (Å²) in [6, 6.07) is 17.2. The fourth-order valence-electron chi connectivity index (χ4n) is 3.44. The Labute approximate surface area is 265 Å². The van der Waals surface area contributed by atoms with E-state index in [0.717, 1.165) is 31.5 Å². The molecule has 6 nitrogen and oxygen atoms in total. The molecule has 41 heavy (non-hydrogen) atoms. The average Bonchev–Trinajstić information content (AvgIpc) is 3.36. The number of carbonyl (C=O) groups excluding carboxylic acids is 3. The van der Waals surface area contributed by atoms with Gasteiger partial charge in [0.25, 0.3) is 0 Å². The van der Waals surface area contributed by atoms with Gasteiger partial charge in [-0.25, -0.2) is 9.59 Å². The van der Waals surface area contributed by atoms with Crippen LogP contribution in [0.25, 0.3) is 10.1 Å². The zero-order chi connectivity index (χ0) is 30.4. The van der Waals surface area contributed by atoms with Crippen LogP contribution in [-0.2, 0) is 15.2 Å². The topological polar surface area (TPSA) is 82.6 Å². The third-order valence-electron chi connectivity index (χ3n) is 5.21. The Hall–Kier alpha value is -2.53. The fraction of sp³-hybridized carbons (Fsp3) is 0.290. The number of hydrogen-bond acceptors (Lipinski definition) is 8. The number of nitrogens with zero attached hydrogens (tertiary/aromatic N) is 1. The van der Waals surface area contributed by atoms with Gasteiger partial charge in [0, 0.05) is 36.7 Å². The molecule has 1 aromatic heterocycles. The van der Waals surface area contributed by atoms with Crippen LogP contribution in [0.3, 0.4) is 0 Å². The zero-order valence-corrected chi connectivity index (χ0v) is 28.4. The number of ether oxygens (including phenoxy) is 2. The highest BCUT2D eigenvalue weighted by Gasteiger charge is 2.23. The van der Waals surface area contributed by atoms with Gasteiger partial charge >= 0.3 is 11.9 Å². The second-order valence-electron chi connectivity index (χ2n) is 10.9. The molecule has 0 bridgehead atoms. The summed E-state index contributed by atoms with van der Waals surface area (Å²) in [5.74, 6) is -0.0190. The Morgan fingerprint density at radius 2 is 1.41 bits per heavy atom. The fourth-order valence-corrected chi connectivity index (χ4v) is 6.55. The van der Waals surface area contributed by atoms with Crippen LogP contribution in [0.2, 0.25) is 0 Å². The van der Waals surface area contributed by atoms with Crippen LogP contribution in [-0.4, -0.2) is 33.8 Å². The van der Waals surface area contributed by atoms with Crippen LogP contribution in [0.5, 0.6) is 0 Å². The van der Waals surface area contributed by atoms with Gasteiger partial charge < -0.3 is 9.47 Å². The van der Waals surface area contributed by atoms with Gasteiger partial charge in [-0.1, -0.05) is 30.3 Å². The molecule has 216 valence electrons. The lowest BCUT2D eigenvalue weighted by Gasteiger charge is -2.20. The molecule has 0 saturated carbocycles. The van der Waals surface area contributed by atoms with Crippen molar-refractivity contribution in [2.24, 2.45) is 0 Å². The summed E-state index contributed by atoms with van der Waals surface area (Å²) in [6.45, 7) is 11.0. The molecule has 3 aromatic carbocycles. The molecule has 10 heteroatoms. The summed E-state index contributed by atoms with van der Waals surface area (Å²) in [4.78, 5) is 36.6. The van der Waals surface area contributed by atoms with Crippen LogP contribution >= 0.6 is 55.2 Å². The van der Waals surface area contributed by atoms with E-state index in [1.165, 1.54) is 17.1 Å². The molecule has 1 heterocycles. The molecule has 4 aromatic rings. The first-order valence-corrected chi connectivity index (χ1v) is 16.0. The van der Waals surface area contributed by atoms with Gasteiger partial charge in [-0.15, -0.1) is 11.8 Å². The monoisotopic (exact) mass is 719 g/mol. The van der Waals surface area contributed by atoms with E-state index in [4.69, 9.17) is 9.47 Å². The van der Waals surface area contributed by atoms with E-state index < -0.39 is 17.2 Å². The Balaban J connectivity index is 0.000000239. The van der Waals surface area contributed by atoms with Crippen molar-refractivity contribution < 1.29 is 23.9 Å². The van der Waals surface area contributed by atoms with Crippen LogP contribution in [0, 0.1) is 0 Å². The minimum absolute atomic E-state index is 0.322.